The fraction of sp³-hybridized carbons (Fsp3) is 0.364. The third-order valence-electron chi connectivity index (χ3n) is 1.98. The highest BCUT2D eigenvalue weighted by atomic mass is 79.9. The summed E-state index contributed by atoms with van der Waals surface area (Å²) in [6.07, 6.45) is 3.84. The molecule has 3 nitrogen and oxygen atoms in total. The zero-order chi connectivity index (χ0) is 11.1. The Bertz CT molecular complexity index is 482. The minimum Gasteiger partial charge on any atom is -0.379 e. The first-order valence-electron chi connectivity index (χ1n) is 4.86. The number of rotatable bonds is 1. The van der Waals surface area contributed by atoms with Gasteiger partial charge in [0.25, 0.3) is 0 Å². The molecule has 0 saturated carbocycles. The zero-order valence-electron chi connectivity index (χ0n) is 9.08. The summed E-state index contributed by atoms with van der Waals surface area (Å²) in [5.41, 5.74) is 2.11. The van der Waals surface area contributed by atoms with Crippen molar-refractivity contribution in [2.24, 2.45) is 0 Å². The van der Waals surface area contributed by atoms with Crippen LogP contribution < -0.4 is 5.32 Å². The molecule has 0 atom stereocenters. The molecule has 0 spiro atoms. The maximum Gasteiger partial charge on any atom is 0.137 e. The van der Waals surface area contributed by atoms with Gasteiger partial charge in [-0.15, -0.1) is 0 Å². The van der Waals surface area contributed by atoms with Gasteiger partial charge in [-0.2, -0.15) is 0 Å². The van der Waals surface area contributed by atoms with E-state index in [9.17, 15) is 0 Å². The van der Waals surface area contributed by atoms with E-state index in [4.69, 9.17) is 0 Å². The molecule has 2 heterocycles. The number of imidazole rings is 1. The number of aromatic nitrogens is 2. The highest BCUT2D eigenvalue weighted by molar-refractivity contribution is 9.10. The van der Waals surface area contributed by atoms with E-state index in [1.165, 1.54) is 0 Å². The lowest BCUT2D eigenvalue weighted by molar-refractivity contribution is 0.633. The lowest BCUT2D eigenvalue weighted by Gasteiger charge is -2.22. The summed E-state index contributed by atoms with van der Waals surface area (Å²) < 4.78 is 2.98. The molecule has 0 amide bonds. The van der Waals surface area contributed by atoms with E-state index in [1.54, 1.807) is 6.20 Å². The number of fused-ring (bicyclic) bond motifs is 1. The van der Waals surface area contributed by atoms with Crippen molar-refractivity contribution in [3.63, 3.8) is 0 Å². The monoisotopic (exact) mass is 267 g/mol. The Morgan fingerprint density at radius 3 is 2.73 bits per heavy atom. The van der Waals surface area contributed by atoms with Crippen molar-refractivity contribution < 1.29 is 0 Å². The fourth-order valence-electron chi connectivity index (χ4n) is 1.46. The molecular formula is C11H14BrN3. The van der Waals surface area contributed by atoms with Crippen molar-refractivity contribution in [2.45, 2.75) is 26.3 Å². The van der Waals surface area contributed by atoms with Gasteiger partial charge in [0.1, 0.15) is 10.3 Å². The molecule has 0 aromatic carbocycles. The smallest absolute Gasteiger partial charge is 0.137 e. The van der Waals surface area contributed by atoms with Crippen molar-refractivity contribution in [3.05, 3.63) is 29.1 Å². The van der Waals surface area contributed by atoms with E-state index in [2.05, 4.69) is 47.0 Å². The van der Waals surface area contributed by atoms with Gasteiger partial charge in [-0.1, -0.05) is 0 Å². The number of nitrogens with one attached hydrogen (secondary N) is 1. The highest BCUT2D eigenvalue weighted by Crippen LogP contribution is 2.19. The number of halogens is 1. The summed E-state index contributed by atoms with van der Waals surface area (Å²) in [7, 11) is 0. The van der Waals surface area contributed by atoms with Gasteiger partial charge in [0.15, 0.2) is 0 Å². The minimum absolute atomic E-state index is 0.0702. The fourth-order valence-corrected chi connectivity index (χ4v) is 1.84. The van der Waals surface area contributed by atoms with Crippen LogP contribution in [0.4, 0.5) is 5.69 Å². The number of pyridine rings is 1. The van der Waals surface area contributed by atoms with Crippen molar-refractivity contribution in [2.75, 3.05) is 5.32 Å². The lowest BCUT2D eigenvalue weighted by atomic mass is 10.1. The maximum absolute atomic E-state index is 4.24. The van der Waals surface area contributed by atoms with Gasteiger partial charge >= 0.3 is 0 Å². The van der Waals surface area contributed by atoms with Gasteiger partial charge in [-0.25, -0.2) is 4.98 Å². The summed E-state index contributed by atoms with van der Waals surface area (Å²) >= 11 is 3.45. The second kappa shape index (κ2) is 3.52. The lowest BCUT2D eigenvalue weighted by Crippen LogP contribution is -2.26. The first kappa shape index (κ1) is 10.5. The molecule has 0 radical (unpaired) electrons. The predicted molar refractivity (Wildman–Crippen MR) is 66.3 cm³/mol. The van der Waals surface area contributed by atoms with E-state index >= 15 is 0 Å². The SMILES string of the molecule is CC(C)(C)Nc1ccc2ncc(Br)n2c1. The molecule has 0 aliphatic rings. The molecule has 0 unspecified atom stereocenters. The number of anilines is 1. The minimum atomic E-state index is 0.0702. The topological polar surface area (TPSA) is 29.3 Å². The summed E-state index contributed by atoms with van der Waals surface area (Å²) in [6.45, 7) is 6.42. The Kier molecular flexibility index (Phi) is 2.46. The molecule has 15 heavy (non-hydrogen) atoms. The van der Waals surface area contributed by atoms with Gasteiger partial charge in [0.05, 0.1) is 11.9 Å². The molecule has 0 aliphatic carbocycles. The van der Waals surface area contributed by atoms with Crippen LogP contribution in [0, 0.1) is 0 Å². The molecule has 0 fully saturated rings. The van der Waals surface area contributed by atoms with Crippen molar-refractivity contribution in [1.29, 1.82) is 0 Å². The van der Waals surface area contributed by atoms with E-state index < -0.39 is 0 Å². The van der Waals surface area contributed by atoms with E-state index in [1.807, 2.05) is 22.7 Å². The van der Waals surface area contributed by atoms with Crippen LogP contribution in [0.1, 0.15) is 20.8 Å². The molecular weight excluding hydrogens is 254 g/mol. The average Bonchev–Trinajstić information content (AvgIpc) is 2.45. The van der Waals surface area contributed by atoms with Crippen LogP contribution >= 0.6 is 15.9 Å². The molecule has 1 N–H and O–H groups in total. The van der Waals surface area contributed by atoms with Gasteiger partial charge in [0.2, 0.25) is 0 Å². The van der Waals surface area contributed by atoms with Crippen molar-refractivity contribution >= 4 is 27.3 Å². The molecule has 2 aromatic heterocycles. The van der Waals surface area contributed by atoms with Crippen LogP contribution in [0.5, 0.6) is 0 Å². The molecule has 80 valence electrons. The summed E-state index contributed by atoms with van der Waals surface area (Å²) in [5.74, 6) is 0. The largest absolute Gasteiger partial charge is 0.379 e. The van der Waals surface area contributed by atoms with E-state index in [-0.39, 0.29) is 5.54 Å². The van der Waals surface area contributed by atoms with Crippen LogP contribution in [-0.2, 0) is 0 Å². The molecule has 2 rings (SSSR count). The quantitative estimate of drug-likeness (QED) is 0.859. The Balaban J connectivity index is 2.42. The predicted octanol–water partition coefficient (Wildman–Crippen LogP) is 3.31. The number of hydrogen-bond donors (Lipinski definition) is 1. The normalized spacial score (nSPS) is 12.0. The summed E-state index contributed by atoms with van der Waals surface area (Å²) in [5, 5.41) is 3.42. The van der Waals surface area contributed by atoms with Crippen LogP contribution in [0.15, 0.2) is 29.1 Å². The molecule has 0 aliphatic heterocycles. The maximum atomic E-state index is 4.24. The Morgan fingerprint density at radius 1 is 1.33 bits per heavy atom. The van der Waals surface area contributed by atoms with E-state index in [0.29, 0.717) is 0 Å². The van der Waals surface area contributed by atoms with Gasteiger partial charge < -0.3 is 5.32 Å². The highest BCUT2D eigenvalue weighted by Gasteiger charge is 2.09. The Hall–Kier alpha value is -1.03. The molecule has 0 bridgehead atoms. The summed E-state index contributed by atoms with van der Waals surface area (Å²) in [4.78, 5) is 4.24. The summed E-state index contributed by atoms with van der Waals surface area (Å²) in [6, 6.07) is 4.04. The first-order chi connectivity index (χ1) is 6.96. The van der Waals surface area contributed by atoms with Crippen LogP contribution in [0.2, 0.25) is 0 Å². The average molecular weight is 268 g/mol. The van der Waals surface area contributed by atoms with Crippen LogP contribution in [0.25, 0.3) is 5.65 Å². The van der Waals surface area contributed by atoms with Crippen LogP contribution in [0.3, 0.4) is 0 Å². The zero-order valence-corrected chi connectivity index (χ0v) is 10.7. The van der Waals surface area contributed by atoms with E-state index in [0.717, 1.165) is 15.9 Å². The van der Waals surface area contributed by atoms with Crippen LogP contribution in [-0.4, -0.2) is 14.9 Å². The standard InChI is InChI=1S/C11H14BrN3/c1-11(2,3)14-8-4-5-10-13-6-9(12)15(10)7-8/h4-7,14H,1-3H3. The van der Waals surface area contributed by atoms with Gasteiger partial charge in [0, 0.05) is 11.7 Å². The number of nitrogens with zero attached hydrogens (tertiary/aromatic N) is 2. The van der Waals surface area contributed by atoms with Gasteiger partial charge in [-0.05, 0) is 48.8 Å². The molecule has 2 aromatic rings. The Morgan fingerprint density at radius 2 is 2.07 bits per heavy atom. The second-order valence-corrected chi connectivity index (χ2v) is 5.41. The molecule has 4 heteroatoms. The van der Waals surface area contributed by atoms with Crippen molar-refractivity contribution in [3.8, 4) is 0 Å². The first-order valence-corrected chi connectivity index (χ1v) is 5.66. The molecule has 0 saturated heterocycles. The Labute approximate surface area is 97.6 Å². The van der Waals surface area contributed by atoms with Crippen molar-refractivity contribution in [1.82, 2.24) is 9.38 Å². The van der Waals surface area contributed by atoms with Gasteiger partial charge in [-0.3, -0.25) is 4.40 Å². The number of hydrogen-bond acceptors (Lipinski definition) is 2. The second-order valence-electron chi connectivity index (χ2n) is 4.60. The third-order valence-corrected chi connectivity index (χ3v) is 2.57. The third kappa shape index (κ3) is 2.31.